The van der Waals surface area contributed by atoms with Crippen molar-refractivity contribution in [2.24, 2.45) is 0 Å². The van der Waals surface area contributed by atoms with Gasteiger partial charge in [0, 0.05) is 48.8 Å². The van der Waals surface area contributed by atoms with Gasteiger partial charge in [-0.25, -0.2) is 8.78 Å². The molecule has 0 radical (unpaired) electrons. The summed E-state index contributed by atoms with van der Waals surface area (Å²) in [4.78, 5) is 29.2. The third-order valence-electron chi connectivity index (χ3n) is 5.95. The maximum Gasteiger partial charge on any atom is 0.256 e. The van der Waals surface area contributed by atoms with Crippen molar-refractivity contribution in [3.05, 3.63) is 88.7 Å². The number of ketones is 1. The fourth-order valence-corrected chi connectivity index (χ4v) is 4.23. The van der Waals surface area contributed by atoms with Crippen LogP contribution in [0.2, 0.25) is 0 Å². The Balaban J connectivity index is 1.40. The highest BCUT2D eigenvalue weighted by molar-refractivity contribution is 5.99. The van der Waals surface area contributed by atoms with E-state index < -0.39 is 5.82 Å². The number of amides is 1. The number of carbonyl (C=O) groups excluding carboxylic acids is 2. The molecule has 1 aliphatic rings. The number of hydrogen-bond donors (Lipinski definition) is 0. The van der Waals surface area contributed by atoms with E-state index in [9.17, 15) is 18.4 Å². The number of piperazine rings is 1. The Hall–Kier alpha value is -3.32. The fraction of sp³-hybridized carbons (Fsp3) is 0.280. The van der Waals surface area contributed by atoms with Crippen LogP contribution in [0, 0.1) is 25.5 Å². The largest absolute Gasteiger partial charge is 0.336 e. The number of Topliss-reactive ketones (excluding diaryl/α,β-unsaturated/α-hetero) is 1. The van der Waals surface area contributed by atoms with Gasteiger partial charge in [-0.05, 0) is 56.3 Å². The quantitative estimate of drug-likeness (QED) is 0.567. The summed E-state index contributed by atoms with van der Waals surface area (Å²) in [7, 11) is 0. The predicted octanol–water partition coefficient (Wildman–Crippen LogP) is 4.01. The zero-order valence-corrected chi connectivity index (χ0v) is 18.1. The van der Waals surface area contributed by atoms with Crippen molar-refractivity contribution in [2.45, 2.75) is 13.8 Å². The summed E-state index contributed by atoms with van der Waals surface area (Å²) < 4.78 is 29.1. The van der Waals surface area contributed by atoms with Gasteiger partial charge in [-0.1, -0.05) is 12.1 Å². The van der Waals surface area contributed by atoms with Crippen LogP contribution in [-0.4, -0.2) is 58.8 Å². The van der Waals surface area contributed by atoms with Gasteiger partial charge in [0.1, 0.15) is 11.6 Å². The second-order valence-corrected chi connectivity index (χ2v) is 8.07. The molecule has 1 aliphatic heterocycles. The van der Waals surface area contributed by atoms with E-state index in [0.29, 0.717) is 31.7 Å². The molecule has 1 fully saturated rings. The van der Waals surface area contributed by atoms with Gasteiger partial charge in [0.15, 0.2) is 5.78 Å². The number of aromatic nitrogens is 1. The topological polar surface area (TPSA) is 45.6 Å². The molecule has 1 saturated heterocycles. The highest BCUT2D eigenvalue weighted by atomic mass is 19.1. The number of hydrogen-bond acceptors (Lipinski definition) is 3. The molecule has 4 rings (SSSR count). The minimum atomic E-state index is -0.522. The molecule has 32 heavy (non-hydrogen) atoms. The number of carbonyl (C=O) groups is 2. The van der Waals surface area contributed by atoms with E-state index in [1.54, 1.807) is 29.2 Å². The number of rotatable bonds is 5. The molecule has 2 aromatic carbocycles. The maximum atomic E-state index is 13.9. The second kappa shape index (κ2) is 9.04. The van der Waals surface area contributed by atoms with Gasteiger partial charge >= 0.3 is 0 Å². The van der Waals surface area contributed by atoms with Gasteiger partial charge in [0.05, 0.1) is 12.1 Å². The number of nitrogens with zero attached hydrogens (tertiary/aromatic N) is 3. The molecule has 0 atom stereocenters. The van der Waals surface area contributed by atoms with Crippen LogP contribution in [0.1, 0.15) is 32.1 Å². The molecule has 7 heteroatoms. The van der Waals surface area contributed by atoms with Gasteiger partial charge in [-0.3, -0.25) is 14.5 Å². The molecule has 2 heterocycles. The van der Waals surface area contributed by atoms with Crippen LogP contribution in [0.25, 0.3) is 5.69 Å². The molecule has 166 valence electrons. The molecule has 3 aromatic rings. The zero-order valence-electron chi connectivity index (χ0n) is 18.1. The van der Waals surface area contributed by atoms with Crippen LogP contribution < -0.4 is 0 Å². The molecule has 0 N–H and O–H groups in total. The molecule has 0 spiro atoms. The second-order valence-electron chi connectivity index (χ2n) is 8.07. The summed E-state index contributed by atoms with van der Waals surface area (Å²) >= 11 is 0. The minimum absolute atomic E-state index is 0.000317. The lowest BCUT2D eigenvalue weighted by Gasteiger charge is -2.34. The molecule has 5 nitrogen and oxygen atoms in total. The van der Waals surface area contributed by atoms with Crippen molar-refractivity contribution in [1.29, 1.82) is 0 Å². The maximum absolute atomic E-state index is 13.9. The van der Waals surface area contributed by atoms with Crippen LogP contribution in [-0.2, 0) is 0 Å². The van der Waals surface area contributed by atoms with Gasteiger partial charge in [0.25, 0.3) is 5.91 Å². The molecule has 1 amide bonds. The highest BCUT2D eigenvalue weighted by Gasteiger charge is 2.26. The highest BCUT2D eigenvalue weighted by Crippen LogP contribution is 2.22. The zero-order chi connectivity index (χ0) is 22.8. The van der Waals surface area contributed by atoms with E-state index in [2.05, 4.69) is 0 Å². The summed E-state index contributed by atoms with van der Waals surface area (Å²) in [5.74, 6) is -1.15. The van der Waals surface area contributed by atoms with Gasteiger partial charge in [-0.2, -0.15) is 0 Å². The summed E-state index contributed by atoms with van der Waals surface area (Å²) in [5.41, 5.74) is 3.23. The lowest BCUT2D eigenvalue weighted by Crippen LogP contribution is -2.50. The summed E-state index contributed by atoms with van der Waals surface area (Å²) in [6.45, 7) is 6.01. The van der Waals surface area contributed by atoms with Crippen molar-refractivity contribution < 1.29 is 18.4 Å². The Labute approximate surface area is 185 Å². The Kier molecular flexibility index (Phi) is 6.19. The third-order valence-corrected chi connectivity index (χ3v) is 5.95. The Morgan fingerprint density at radius 3 is 2.19 bits per heavy atom. The molecular formula is C25H25F2N3O2. The smallest absolute Gasteiger partial charge is 0.256 e. The molecule has 0 aliphatic carbocycles. The van der Waals surface area contributed by atoms with E-state index in [4.69, 9.17) is 0 Å². The molecule has 1 aromatic heterocycles. The van der Waals surface area contributed by atoms with Gasteiger partial charge in [0.2, 0.25) is 0 Å². The van der Waals surface area contributed by atoms with Gasteiger partial charge < -0.3 is 9.47 Å². The van der Waals surface area contributed by atoms with Crippen molar-refractivity contribution in [3.63, 3.8) is 0 Å². The predicted molar refractivity (Wildman–Crippen MR) is 118 cm³/mol. The van der Waals surface area contributed by atoms with Crippen LogP contribution in [0.15, 0.2) is 54.6 Å². The van der Waals surface area contributed by atoms with E-state index in [1.807, 2.05) is 29.4 Å². The Bertz CT molecular complexity index is 1150. The summed E-state index contributed by atoms with van der Waals surface area (Å²) in [6, 6.07) is 14.0. The summed E-state index contributed by atoms with van der Waals surface area (Å²) in [6.07, 6.45) is 0. The normalized spacial score (nSPS) is 14.6. The third kappa shape index (κ3) is 4.34. The van der Waals surface area contributed by atoms with E-state index in [-0.39, 0.29) is 29.6 Å². The molecular weight excluding hydrogens is 412 g/mol. The monoisotopic (exact) mass is 437 g/mol. The van der Waals surface area contributed by atoms with E-state index in [0.717, 1.165) is 17.1 Å². The lowest BCUT2D eigenvalue weighted by molar-refractivity contribution is 0.0620. The average Bonchev–Trinajstić information content (AvgIpc) is 3.09. The Morgan fingerprint density at radius 2 is 1.53 bits per heavy atom. The first-order chi connectivity index (χ1) is 15.3. The SMILES string of the molecule is Cc1cc(C(=O)CN2CCN(C(=O)c3ccccc3F)CC2)c(C)n1-c1ccc(F)cc1. The van der Waals surface area contributed by atoms with Crippen molar-refractivity contribution in [3.8, 4) is 5.69 Å². The van der Waals surface area contributed by atoms with E-state index in [1.165, 1.54) is 24.3 Å². The number of halogens is 2. The van der Waals surface area contributed by atoms with Crippen molar-refractivity contribution in [2.75, 3.05) is 32.7 Å². The van der Waals surface area contributed by atoms with Crippen molar-refractivity contribution >= 4 is 11.7 Å². The first kappa shape index (κ1) is 21.9. The van der Waals surface area contributed by atoms with Crippen LogP contribution in [0.3, 0.4) is 0 Å². The number of benzene rings is 2. The Morgan fingerprint density at radius 1 is 0.875 bits per heavy atom. The number of aryl methyl sites for hydroxylation is 1. The molecule has 0 bridgehead atoms. The molecule has 0 unspecified atom stereocenters. The van der Waals surface area contributed by atoms with Gasteiger partial charge in [-0.15, -0.1) is 0 Å². The molecule has 0 saturated carbocycles. The standard InChI is InChI=1S/C25H25F2N3O2/c1-17-15-22(18(2)30(17)20-9-7-19(26)8-10-20)24(31)16-28-11-13-29(14-12-28)25(32)21-5-3-4-6-23(21)27/h3-10,15H,11-14,16H2,1-2H3. The average molecular weight is 437 g/mol. The first-order valence-electron chi connectivity index (χ1n) is 10.6. The lowest BCUT2D eigenvalue weighted by atomic mass is 10.1. The summed E-state index contributed by atoms with van der Waals surface area (Å²) in [5, 5.41) is 0. The van der Waals surface area contributed by atoms with Crippen LogP contribution >= 0.6 is 0 Å². The minimum Gasteiger partial charge on any atom is -0.336 e. The van der Waals surface area contributed by atoms with E-state index >= 15 is 0 Å². The fourth-order valence-electron chi connectivity index (χ4n) is 4.23. The van der Waals surface area contributed by atoms with Crippen LogP contribution in [0.4, 0.5) is 8.78 Å². The first-order valence-corrected chi connectivity index (χ1v) is 10.6. The van der Waals surface area contributed by atoms with Crippen LogP contribution in [0.5, 0.6) is 0 Å². The van der Waals surface area contributed by atoms with Crippen molar-refractivity contribution in [1.82, 2.24) is 14.4 Å².